The minimum Gasteiger partial charge on any atom is -0.358 e. The molecule has 5 heteroatoms. The van der Waals surface area contributed by atoms with Crippen molar-refractivity contribution in [3.63, 3.8) is 0 Å². The number of carbonyl (C=O) groups excluding carboxylic acids is 1. The molecular weight excluding hydrogens is 426 g/mol. The third kappa shape index (κ3) is 20.7. The molecule has 0 aliphatic carbocycles. The molecule has 0 aromatic heterocycles. The van der Waals surface area contributed by atoms with Crippen molar-refractivity contribution in [2.24, 2.45) is 0 Å². The number of rotatable bonds is 2. The van der Waals surface area contributed by atoms with Gasteiger partial charge in [-0.25, -0.2) is 0 Å². The molecule has 0 fully saturated rings. The van der Waals surface area contributed by atoms with E-state index < -0.39 is 0 Å². The Morgan fingerprint density at radius 3 is 1.82 bits per heavy atom. The van der Waals surface area contributed by atoms with Crippen LogP contribution in [0.5, 0.6) is 0 Å². The van der Waals surface area contributed by atoms with Gasteiger partial charge in [0.2, 0.25) is 5.91 Å². The SMILES string of the molecule is C.CNC(=O)C(C)NC.[CH2-]CC.[CH2-]c1ccccc1C.[Y].[Y]. The molecule has 0 saturated carbocycles. The molecule has 0 aliphatic rings. The Morgan fingerprint density at radius 1 is 1.23 bits per heavy atom. The summed E-state index contributed by atoms with van der Waals surface area (Å²) in [6.07, 6.45) is 1.00. The number of aryl methyl sites for hydroxylation is 1. The van der Waals surface area contributed by atoms with Gasteiger partial charge in [-0.05, 0) is 14.0 Å². The zero-order valence-corrected chi connectivity index (χ0v) is 19.7. The minimum atomic E-state index is -0.0833. The normalized spacial score (nSPS) is 8.82. The van der Waals surface area contributed by atoms with E-state index in [4.69, 9.17) is 0 Å². The van der Waals surface area contributed by atoms with E-state index in [2.05, 4.69) is 37.5 Å². The van der Waals surface area contributed by atoms with Gasteiger partial charge in [0.25, 0.3) is 0 Å². The smallest absolute Gasteiger partial charge is 0.236 e. The number of benzene rings is 1. The molecule has 0 saturated heterocycles. The van der Waals surface area contributed by atoms with Crippen LogP contribution in [0.4, 0.5) is 0 Å². The molecule has 1 amide bonds. The fourth-order valence-electron chi connectivity index (χ4n) is 0.958. The Bertz CT molecular complexity index is 326. The molecule has 2 radical (unpaired) electrons. The topological polar surface area (TPSA) is 41.1 Å². The average molecular weight is 458 g/mol. The van der Waals surface area contributed by atoms with Gasteiger partial charge in [0.1, 0.15) is 0 Å². The zero-order chi connectivity index (χ0) is 15.3. The van der Waals surface area contributed by atoms with Gasteiger partial charge in [-0.3, -0.25) is 4.79 Å². The van der Waals surface area contributed by atoms with Crippen LogP contribution in [0.25, 0.3) is 0 Å². The fraction of sp³-hybridized carbons (Fsp3) is 0.471. The number of hydrogen-bond acceptors (Lipinski definition) is 2. The van der Waals surface area contributed by atoms with Crippen molar-refractivity contribution >= 4 is 5.91 Å². The van der Waals surface area contributed by atoms with E-state index in [1.54, 1.807) is 21.0 Å². The van der Waals surface area contributed by atoms with E-state index >= 15 is 0 Å². The third-order valence-electron chi connectivity index (χ3n) is 2.33. The van der Waals surface area contributed by atoms with E-state index in [0.29, 0.717) is 0 Å². The second kappa shape index (κ2) is 24.0. The van der Waals surface area contributed by atoms with Gasteiger partial charge in [-0.2, -0.15) is 30.5 Å². The van der Waals surface area contributed by atoms with Crippen LogP contribution >= 0.6 is 0 Å². The molecule has 1 aromatic rings. The van der Waals surface area contributed by atoms with Gasteiger partial charge in [0.05, 0.1) is 6.04 Å². The van der Waals surface area contributed by atoms with Crippen LogP contribution in [0, 0.1) is 20.8 Å². The van der Waals surface area contributed by atoms with E-state index in [-0.39, 0.29) is 84.8 Å². The average Bonchev–Trinajstić information content (AvgIpc) is 2.42. The maximum absolute atomic E-state index is 10.6. The van der Waals surface area contributed by atoms with Gasteiger partial charge in [0.15, 0.2) is 0 Å². The zero-order valence-electron chi connectivity index (χ0n) is 14.1. The van der Waals surface area contributed by atoms with E-state index in [1.165, 1.54) is 5.56 Å². The van der Waals surface area contributed by atoms with Crippen LogP contribution in [0.3, 0.4) is 0 Å². The first kappa shape index (κ1) is 34.1. The molecule has 2 N–H and O–H groups in total. The monoisotopic (exact) mass is 458 g/mol. The van der Waals surface area contributed by atoms with Crippen molar-refractivity contribution in [2.45, 2.75) is 40.7 Å². The molecule has 1 unspecified atom stereocenters. The molecule has 1 atom stereocenters. The summed E-state index contributed by atoms with van der Waals surface area (Å²) in [5.41, 5.74) is 2.38. The Hall–Kier alpha value is 0.728. The Morgan fingerprint density at radius 2 is 1.64 bits per heavy atom. The summed E-state index contributed by atoms with van der Waals surface area (Å²) in [5.74, 6) is 0.0208. The molecule has 0 aliphatic heterocycles. The number of hydrogen-bond donors (Lipinski definition) is 2. The van der Waals surface area contributed by atoms with E-state index in [1.807, 2.05) is 25.1 Å². The van der Waals surface area contributed by atoms with Crippen molar-refractivity contribution < 1.29 is 70.2 Å². The fourth-order valence-corrected chi connectivity index (χ4v) is 0.958. The molecule has 3 nitrogen and oxygen atoms in total. The number of carbonyl (C=O) groups is 1. The van der Waals surface area contributed by atoms with Crippen molar-refractivity contribution in [3.05, 3.63) is 49.2 Å². The molecule has 0 bridgehead atoms. The first-order valence-electron chi connectivity index (χ1n) is 6.50. The molecular formula is C17H32N2OY2-2. The Labute approximate surface area is 188 Å². The quantitative estimate of drug-likeness (QED) is 0.668. The Kier molecular flexibility index (Phi) is 37.2. The van der Waals surface area contributed by atoms with Gasteiger partial charge in [-0.1, -0.05) is 27.3 Å². The summed E-state index contributed by atoms with van der Waals surface area (Å²) in [6.45, 7) is 13.2. The maximum Gasteiger partial charge on any atom is 0.236 e. The van der Waals surface area contributed by atoms with Crippen LogP contribution in [-0.4, -0.2) is 26.0 Å². The standard InChI is InChI=1S/C8H9.C5H12N2O.C3H7.CH4.2Y/c1-7-5-3-4-6-8(7)2;1-4(6-2)5(8)7-3;1-3-2;;;/h3-6H,1H2,2H3;4,6H,1-3H3,(H,7,8);1,3H2,2H3;1H4;;/q-1;;-1;;;. The summed E-state index contributed by atoms with van der Waals surface area (Å²) in [4.78, 5) is 10.6. The second-order valence-electron chi connectivity index (χ2n) is 4.05. The summed E-state index contributed by atoms with van der Waals surface area (Å²) >= 11 is 0. The van der Waals surface area contributed by atoms with Crippen molar-refractivity contribution in [1.29, 1.82) is 0 Å². The largest absolute Gasteiger partial charge is 0.358 e. The minimum absolute atomic E-state index is 0. The van der Waals surface area contributed by atoms with Crippen LogP contribution in [0.2, 0.25) is 0 Å². The molecule has 22 heavy (non-hydrogen) atoms. The summed E-state index contributed by atoms with van der Waals surface area (Å²) in [7, 11) is 3.37. The first-order valence-corrected chi connectivity index (χ1v) is 6.50. The Balaban J connectivity index is -0.0000000667. The van der Waals surface area contributed by atoms with Gasteiger partial charge in [0, 0.05) is 72.5 Å². The van der Waals surface area contributed by atoms with Gasteiger partial charge < -0.3 is 17.6 Å². The van der Waals surface area contributed by atoms with Crippen molar-refractivity contribution in [1.82, 2.24) is 10.6 Å². The van der Waals surface area contributed by atoms with Gasteiger partial charge >= 0.3 is 0 Å². The molecule has 0 spiro atoms. The van der Waals surface area contributed by atoms with Crippen LogP contribution in [-0.2, 0) is 70.2 Å². The summed E-state index contributed by atoms with van der Waals surface area (Å²) in [5, 5.41) is 5.32. The summed E-state index contributed by atoms with van der Waals surface area (Å²) in [6, 6.07) is 8.00. The number of amides is 1. The van der Waals surface area contributed by atoms with E-state index in [9.17, 15) is 4.79 Å². The molecule has 0 heterocycles. The van der Waals surface area contributed by atoms with E-state index in [0.717, 1.165) is 12.0 Å². The van der Waals surface area contributed by atoms with Gasteiger partial charge in [-0.15, -0.1) is 12.1 Å². The maximum atomic E-state index is 10.6. The number of nitrogens with one attached hydrogen (secondary N) is 2. The predicted molar refractivity (Wildman–Crippen MR) is 90.6 cm³/mol. The molecule has 1 aromatic carbocycles. The van der Waals surface area contributed by atoms with Crippen LogP contribution in [0.1, 0.15) is 38.8 Å². The van der Waals surface area contributed by atoms with Crippen LogP contribution in [0.15, 0.2) is 24.3 Å². The molecule has 124 valence electrons. The molecule has 1 rings (SSSR count). The third-order valence-corrected chi connectivity index (χ3v) is 2.33. The second-order valence-corrected chi connectivity index (χ2v) is 4.05. The van der Waals surface area contributed by atoms with Crippen molar-refractivity contribution in [2.75, 3.05) is 14.1 Å². The van der Waals surface area contributed by atoms with Crippen molar-refractivity contribution in [3.8, 4) is 0 Å². The van der Waals surface area contributed by atoms with Crippen LogP contribution < -0.4 is 10.6 Å². The number of likely N-dealkylation sites (N-methyl/N-ethyl adjacent to an activating group) is 2. The predicted octanol–water partition coefficient (Wildman–Crippen LogP) is 3.38. The summed E-state index contributed by atoms with van der Waals surface area (Å²) < 4.78 is 0. The first-order chi connectivity index (χ1) is 8.94.